The monoisotopic (exact) mass is 179 g/mol. The summed E-state index contributed by atoms with van der Waals surface area (Å²) in [6.07, 6.45) is 0. The molecular formula is C7H14ClNO2. The molecule has 1 N–H and O–H groups in total. The molecule has 4 heteroatoms. The summed E-state index contributed by atoms with van der Waals surface area (Å²) in [5.41, 5.74) is 0. The Morgan fingerprint density at radius 3 is 2.09 bits per heavy atom. The molecule has 0 bridgehead atoms. The van der Waals surface area contributed by atoms with Crippen LogP contribution in [0.5, 0.6) is 0 Å². The number of halogens is 1. The number of hydrogen-bond donors (Lipinski definition) is 1. The Morgan fingerprint density at radius 1 is 1.00 bits per heavy atom. The predicted octanol–water partition coefficient (Wildman–Crippen LogP) is 0.248. The van der Waals surface area contributed by atoms with E-state index in [1.165, 1.54) is 0 Å². The predicted molar refractivity (Wildman–Crippen MR) is 43.9 cm³/mol. The molecule has 0 unspecified atom stereocenters. The van der Waals surface area contributed by atoms with Gasteiger partial charge < -0.3 is 14.8 Å². The Balaban J connectivity index is 0.000000605. The van der Waals surface area contributed by atoms with Gasteiger partial charge in [-0.1, -0.05) is 0 Å². The van der Waals surface area contributed by atoms with E-state index in [4.69, 9.17) is 9.47 Å². The number of ether oxygens (including phenoxy) is 2. The molecule has 2 atom stereocenters. The maximum Gasteiger partial charge on any atom is 0.146 e. The lowest BCUT2D eigenvalue weighted by Crippen LogP contribution is -2.17. The first-order valence-corrected chi connectivity index (χ1v) is 3.83. The van der Waals surface area contributed by atoms with Crippen LogP contribution in [0.1, 0.15) is 0 Å². The standard InChI is InChI=1S/C7H13NO2.ClH/c1-6-3-9-5-10-4-7(6)2-8-1;/h6-8H,1-5H2;1H/t6-,7-;/m0./s1. The first-order valence-electron chi connectivity index (χ1n) is 3.83. The van der Waals surface area contributed by atoms with Crippen molar-refractivity contribution in [2.24, 2.45) is 11.8 Å². The van der Waals surface area contributed by atoms with E-state index in [-0.39, 0.29) is 12.4 Å². The van der Waals surface area contributed by atoms with Gasteiger partial charge in [-0.25, -0.2) is 0 Å². The lowest BCUT2D eigenvalue weighted by atomic mass is 9.98. The first-order chi connectivity index (χ1) is 4.97. The number of hydrogen-bond acceptors (Lipinski definition) is 3. The van der Waals surface area contributed by atoms with Gasteiger partial charge in [0.05, 0.1) is 13.2 Å². The Labute approximate surface area is 72.8 Å². The summed E-state index contributed by atoms with van der Waals surface area (Å²) >= 11 is 0. The van der Waals surface area contributed by atoms with Crippen LogP contribution >= 0.6 is 12.4 Å². The second-order valence-corrected chi connectivity index (χ2v) is 3.04. The third-order valence-electron chi connectivity index (χ3n) is 2.31. The molecule has 11 heavy (non-hydrogen) atoms. The molecule has 0 aromatic carbocycles. The summed E-state index contributed by atoms with van der Waals surface area (Å²) in [6, 6.07) is 0. The van der Waals surface area contributed by atoms with E-state index in [2.05, 4.69) is 5.32 Å². The average molecular weight is 180 g/mol. The van der Waals surface area contributed by atoms with Crippen LogP contribution in [-0.4, -0.2) is 33.1 Å². The summed E-state index contributed by atoms with van der Waals surface area (Å²) in [4.78, 5) is 0. The molecule has 2 rings (SSSR count). The topological polar surface area (TPSA) is 30.5 Å². The molecule has 2 aliphatic rings. The fourth-order valence-electron chi connectivity index (χ4n) is 1.64. The highest BCUT2D eigenvalue weighted by Gasteiger charge is 2.28. The highest BCUT2D eigenvalue weighted by atomic mass is 35.5. The Bertz CT molecular complexity index is 111. The van der Waals surface area contributed by atoms with Gasteiger partial charge in [-0.3, -0.25) is 0 Å². The SMILES string of the molecule is C1OC[C@@H]2CNC[C@H]2CO1.Cl. The minimum atomic E-state index is 0. The van der Waals surface area contributed by atoms with E-state index >= 15 is 0 Å². The molecule has 2 aliphatic heterocycles. The van der Waals surface area contributed by atoms with E-state index in [0.29, 0.717) is 18.6 Å². The van der Waals surface area contributed by atoms with Gasteiger partial charge in [0.2, 0.25) is 0 Å². The molecule has 0 aromatic rings. The number of fused-ring (bicyclic) bond motifs is 1. The van der Waals surface area contributed by atoms with Crippen LogP contribution in [0.25, 0.3) is 0 Å². The second-order valence-electron chi connectivity index (χ2n) is 3.04. The summed E-state index contributed by atoms with van der Waals surface area (Å²) < 4.78 is 10.5. The Morgan fingerprint density at radius 2 is 1.55 bits per heavy atom. The Kier molecular flexibility index (Phi) is 3.59. The molecule has 3 nitrogen and oxygen atoms in total. The van der Waals surface area contributed by atoms with E-state index < -0.39 is 0 Å². The van der Waals surface area contributed by atoms with E-state index in [1.807, 2.05) is 0 Å². The quantitative estimate of drug-likeness (QED) is 0.578. The third kappa shape index (κ3) is 2.06. The third-order valence-corrected chi connectivity index (χ3v) is 2.31. The second kappa shape index (κ2) is 4.26. The largest absolute Gasteiger partial charge is 0.355 e. The lowest BCUT2D eigenvalue weighted by molar-refractivity contribution is -0.0383. The van der Waals surface area contributed by atoms with Gasteiger partial charge in [-0.2, -0.15) is 0 Å². The van der Waals surface area contributed by atoms with E-state index in [1.54, 1.807) is 0 Å². The Hall–Kier alpha value is 0.170. The van der Waals surface area contributed by atoms with Crippen molar-refractivity contribution in [3.63, 3.8) is 0 Å². The highest BCUT2D eigenvalue weighted by molar-refractivity contribution is 5.85. The van der Waals surface area contributed by atoms with Crippen LogP contribution in [0, 0.1) is 11.8 Å². The molecule has 0 radical (unpaired) electrons. The van der Waals surface area contributed by atoms with Gasteiger partial charge in [0.15, 0.2) is 0 Å². The van der Waals surface area contributed by atoms with Crippen LogP contribution in [0.2, 0.25) is 0 Å². The van der Waals surface area contributed by atoms with Crippen LogP contribution < -0.4 is 5.32 Å². The van der Waals surface area contributed by atoms with Crippen molar-refractivity contribution in [3.8, 4) is 0 Å². The molecule has 0 amide bonds. The van der Waals surface area contributed by atoms with Crippen molar-refractivity contribution >= 4 is 12.4 Å². The van der Waals surface area contributed by atoms with Crippen LogP contribution in [0.4, 0.5) is 0 Å². The minimum Gasteiger partial charge on any atom is -0.355 e. The first kappa shape index (κ1) is 9.26. The summed E-state index contributed by atoms with van der Waals surface area (Å²) in [5, 5.41) is 3.33. The molecule has 2 heterocycles. The zero-order valence-electron chi connectivity index (χ0n) is 6.41. The van der Waals surface area contributed by atoms with Crippen molar-refractivity contribution in [2.45, 2.75) is 0 Å². The van der Waals surface area contributed by atoms with Gasteiger partial charge in [0, 0.05) is 24.9 Å². The van der Waals surface area contributed by atoms with Crippen LogP contribution in [0.3, 0.4) is 0 Å². The average Bonchev–Trinajstić information content (AvgIpc) is 2.28. The summed E-state index contributed by atoms with van der Waals surface area (Å²) in [5.74, 6) is 1.39. The van der Waals surface area contributed by atoms with Crippen molar-refractivity contribution in [2.75, 3.05) is 33.1 Å². The smallest absolute Gasteiger partial charge is 0.146 e. The van der Waals surface area contributed by atoms with Gasteiger partial charge in [-0.05, 0) is 0 Å². The van der Waals surface area contributed by atoms with Crippen LogP contribution in [-0.2, 0) is 9.47 Å². The molecule has 2 fully saturated rings. The lowest BCUT2D eigenvalue weighted by Gasteiger charge is -2.10. The molecule has 66 valence electrons. The maximum absolute atomic E-state index is 5.25. The summed E-state index contributed by atoms with van der Waals surface area (Å²) in [7, 11) is 0. The fourth-order valence-corrected chi connectivity index (χ4v) is 1.64. The normalized spacial score (nSPS) is 37.1. The molecule has 0 aliphatic carbocycles. The zero-order valence-corrected chi connectivity index (χ0v) is 7.23. The zero-order chi connectivity index (χ0) is 6.81. The van der Waals surface area contributed by atoms with Gasteiger partial charge >= 0.3 is 0 Å². The van der Waals surface area contributed by atoms with Gasteiger partial charge in [-0.15, -0.1) is 12.4 Å². The molecule has 2 saturated heterocycles. The van der Waals surface area contributed by atoms with Crippen molar-refractivity contribution in [3.05, 3.63) is 0 Å². The number of rotatable bonds is 0. The van der Waals surface area contributed by atoms with E-state index in [0.717, 1.165) is 26.3 Å². The molecule has 0 aromatic heterocycles. The van der Waals surface area contributed by atoms with Crippen molar-refractivity contribution in [1.82, 2.24) is 5.32 Å². The van der Waals surface area contributed by atoms with E-state index in [9.17, 15) is 0 Å². The maximum atomic E-state index is 5.25. The van der Waals surface area contributed by atoms with Crippen molar-refractivity contribution < 1.29 is 9.47 Å². The molecule has 0 spiro atoms. The summed E-state index contributed by atoms with van der Waals surface area (Å²) in [6.45, 7) is 4.45. The highest BCUT2D eigenvalue weighted by Crippen LogP contribution is 2.19. The fraction of sp³-hybridized carbons (Fsp3) is 1.00. The molecule has 0 saturated carbocycles. The molecular weight excluding hydrogens is 166 g/mol. The van der Waals surface area contributed by atoms with Crippen molar-refractivity contribution in [1.29, 1.82) is 0 Å². The minimum absolute atomic E-state index is 0. The number of nitrogens with one attached hydrogen (secondary N) is 1. The van der Waals surface area contributed by atoms with Gasteiger partial charge in [0.25, 0.3) is 0 Å². The van der Waals surface area contributed by atoms with Gasteiger partial charge in [0.1, 0.15) is 6.79 Å². The van der Waals surface area contributed by atoms with Crippen LogP contribution in [0.15, 0.2) is 0 Å².